The van der Waals surface area contributed by atoms with E-state index in [1.807, 2.05) is 43.3 Å². The molecular weight excluding hydrogens is 292 g/mol. The van der Waals surface area contributed by atoms with Crippen LogP contribution in [-0.4, -0.2) is 12.5 Å². The van der Waals surface area contributed by atoms with Crippen molar-refractivity contribution in [1.82, 2.24) is 5.32 Å². The van der Waals surface area contributed by atoms with Crippen molar-refractivity contribution in [3.63, 3.8) is 0 Å². The number of nitrogens with one attached hydrogen (secondary N) is 1. The fourth-order valence-corrected chi connectivity index (χ4v) is 2.96. The van der Waals surface area contributed by atoms with E-state index in [2.05, 4.69) is 5.32 Å². The second-order valence-corrected chi connectivity index (χ2v) is 6.32. The number of hydrogen-bond donors (Lipinski definition) is 2. The van der Waals surface area contributed by atoms with E-state index in [0.717, 1.165) is 21.2 Å². The van der Waals surface area contributed by atoms with Crippen LogP contribution in [0.25, 0.3) is 0 Å². The van der Waals surface area contributed by atoms with Gasteiger partial charge in [0.05, 0.1) is 10.4 Å². The van der Waals surface area contributed by atoms with E-state index >= 15 is 0 Å². The quantitative estimate of drug-likeness (QED) is 0.889. The molecule has 0 aliphatic heterocycles. The van der Waals surface area contributed by atoms with Crippen molar-refractivity contribution < 1.29 is 4.79 Å². The Balaban J connectivity index is 2.00. The van der Waals surface area contributed by atoms with Crippen LogP contribution < -0.4 is 11.1 Å². The van der Waals surface area contributed by atoms with Crippen LogP contribution >= 0.6 is 22.9 Å². The Kier molecular flexibility index (Phi) is 5.17. The summed E-state index contributed by atoms with van der Waals surface area (Å²) >= 11 is 7.38. The third-order valence-corrected chi connectivity index (χ3v) is 4.43. The molecule has 1 aromatic carbocycles. The lowest BCUT2D eigenvalue weighted by Gasteiger charge is -2.12. The van der Waals surface area contributed by atoms with Gasteiger partial charge in [0.25, 0.3) is 5.91 Å². The monoisotopic (exact) mass is 308 g/mol. The third kappa shape index (κ3) is 3.82. The van der Waals surface area contributed by atoms with Gasteiger partial charge in [0.15, 0.2) is 0 Å². The Morgan fingerprint density at radius 2 is 2.00 bits per heavy atom. The van der Waals surface area contributed by atoms with Crippen molar-refractivity contribution in [1.29, 1.82) is 0 Å². The first-order valence-electron chi connectivity index (χ1n) is 6.45. The standard InChI is InChI=1S/C15H17ClN2OS/c1-10(13-6-7-14(16)20-13)18-15(19)12-4-2-11(3-5-12)8-9-17/h2-7,10H,8-9,17H2,1H3,(H,18,19). The lowest BCUT2D eigenvalue weighted by Crippen LogP contribution is -2.26. The number of benzene rings is 1. The van der Waals surface area contributed by atoms with E-state index in [1.54, 1.807) is 0 Å². The molecule has 106 valence electrons. The maximum atomic E-state index is 12.1. The van der Waals surface area contributed by atoms with Gasteiger partial charge in [-0.25, -0.2) is 0 Å². The number of amides is 1. The first kappa shape index (κ1) is 15.0. The molecule has 0 saturated carbocycles. The summed E-state index contributed by atoms with van der Waals surface area (Å²) in [5, 5.41) is 2.97. The van der Waals surface area contributed by atoms with Crippen LogP contribution in [0.4, 0.5) is 0 Å². The zero-order valence-corrected chi connectivity index (χ0v) is 12.8. The summed E-state index contributed by atoms with van der Waals surface area (Å²) < 4.78 is 0.729. The van der Waals surface area contributed by atoms with Crippen LogP contribution in [0, 0.1) is 0 Å². The molecule has 0 fully saturated rings. The summed E-state index contributed by atoms with van der Waals surface area (Å²) in [7, 11) is 0. The average Bonchev–Trinajstić information content (AvgIpc) is 2.86. The van der Waals surface area contributed by atoms with Crippen LogP contribution in [0.2, 0.25) is 4.34 Å². The molecule has 1 heterocycles. The molecule has 0 spiro atoms. The number of rotatable bonds is 5. The Hall–Kier alpha value is -1.36. The maximum absolute atomic E-state index is 12.1. The Bertz CT molecular complexity index is 580. The van der Waals surface area contributed by atoms with Gasteiger partial charge in [-0.2, -0.15) is 0 Å². The van der Waals surface area contributed by atoms with Crippen molar-refractivity contribution in [2.45, 2.75) is 19.4 Å². The summed E-state index contributed by atoms with van der Waals surface area (Å²) in [4.78, 5) is 13.2. The van der Waals surface area contributed by atoms with Gasteiger partial charge in [0, 0.05) is 10.4 Å². The second-order valence-electron chi connectivity index (χ2n) is 4.57. The van der Waals surface area contributed by atoms with Crippen LogP contribution in [-0.2, 0) is 6.42 Å². The van der Waals surface area contributed by atoms with Crippen molar-refractivity contribution in [2.75, 3.05) is 6.54 Å². The average molecular weight is 309 g/mol. The molecule has 0 aliphatic carbocycles. The lowest BCUT2D eigenvalue weighted by atomic mass is 10.1. The molecule has 3 N–H and O–H groups in total. The molecule has 3 nitrogen and oxygen atoms in total. The molecule has 1 unspecified atom stereocenters. The van der Waals surface area contributed by atoms with Crippen molar-refractivity contribution in [2.24, 2.45) is 5.73 Å². The van der Waals surface area contributed by atoms with Gasteiger partial charge in [-0.15, -0.1) is 11.3 Å². The number of nitrogens with two attached hydrogens (primary N) is 1. The predicted molar refractivity (Wildman–Crippen MR) is 84.4 cm³/mol. The summed E-state index contributed by atoms with van der Waals surface area (Å²) in [5.74, 6) is -0.0821. The van der Waals surface area contributed by atoms with Gasteiger partial charge in [0.2, 0.25) is 0 Å². The molecule has 2 aromatic rings. The molecule has 0 aliphatic rings. The van der Waals surface area contributed by atoms with E-state index in [-0.39, 0.29) is 11.9 Å². The number of carbonyl (C=O) groups excluding carboxylic acids is 1. The molecule has 0 bridgehead atoms. The van der Waals surface area contributed by atoms with Crippen molar-refractivity contribution in [3.8, 4) is 0 Å². The minimum atomic E-state index is -0.0821. The van der Waals surface area contributed by atoms with E-state index in [4.69, 9.17) is 17.3 Å². The summed E-state index contributed by atoms with van der Waals surface area (Å²) in [6.45, 7) is 2.56. The van der Waals surface area contributed by atoms with Gasteiger partial charge in [0.1, 0.15) is 0 Å². The van der Waals surface area contributed by atoms with Gasteiger partial charge >= 0.3 is 0 Å². The zero-order valence-electron chi connectivity index (χ0n) is 11.2. The van der Waals surface area contributed by atoms with Crippen LogP contribution in [0.1, 0.15) is 33.8 Å². The predicted octanol–water partition coefficient (Wildman–Crippen LogP) is 3.39. The van der Waals surface area contributed by atoms with Gasteiger partial charge < -0.3 is 11.1 Å². The first-order chi connectivity index (χ1) is 9.60. The topological polar surface area (TPSA) is 55.1 Å². The Morgan fingerprint density at radius 3 is 2.55 bits per heavy atom. The molecular formula is C15H17ClN2OS. The fourth-order valence-electron chi connectivity index (χ4n) is 1.90. The highest BCUT2D eigenvalue weighted by atomic mass is 35.5. The number of halogens is 1. The fraction of sp³-hybridized carbons (Fsp3) is 0.267. The van der Waals surface area contributed by atoms with Gasteiger partial charge in [-0.1, -0.05) is 23.7 Å². The number of thiophene rings is 1. The molecule has 1 atom stereocenters. The number of hydrogen-bond acceptors (Lipinski definition) is 3. The van der Waals surface area contributed by atoms with Crippen LogP contribution in [0.15, 0.2) is 36.4 Å². The Labute approximate surface area is 127 Å². The largest absolute Gasteiger partial charge is 0.345 e. The molecule has 2 rings (SSSR count). The molecule has 0 saturated heterocycles. The van der Waals surface area contributed by atoms with Gasteiger partial charge in [-0.05, 0) is 49.7 Å². The van der Waals surface area contributed by atoms with E-state index in [9.17, 15) is 4.79 Å². The van der Waals surface area contributed by atoms with E-state index in [0.29, 0.717) is 12.1 Å². The lowest BCUT2D eigenvalue weighted by molar-refractivity contribution is 0.0940. The van der Waals surface area contributed by atoms with Crippen LogP contribution in [0.3, 0.4) is 0 Å². The SMILES string of the molecule is CC(NC(=O)c1ccc(CCN)cc1)c1ccc(Cl)s1. The van der Waals surface area contributed by atoms with Crippen molar-refractivity contribution >= 4 is 28.8 Å². The Morgan fingerprint density at radius 1 is 1.30 bits per heavy atom. The zero-order chi connectivity index (χ0) is 14.5. The summed E-state index contributed by atoms with van der Waals surface area (Å²) in [6, 6.07) is 11.3. The molecule has 20 heavy (non-hydrogen) atoms. The van der Waals surface area contributed by atoms with E-state index in [1.165, 1.54) is 11.3 Å². The normalized spacial score (nSPS) is 12.2. The molecule has 1 aromatic heterocycles. The smallest absolute Gasteiger partial charge is 0.251 e. The van der Waals surface area contributed by atoms with Crippen molar-refractivity contribution in [3.05, 3.63) is 56.7 Å². The minimum absolute atomic E-state index is 0.0521. The first-order valence-corrected chi connectivity index (χ1v) is 7.64. The molecule has 1 amide bonds. The highest BCUT2D eigenvalue weighted by Crippen LogP contribution is 2.26. The summed E-state index contributed by atoms with van der Waals surface area (Å²) in [6.07, 6.45) is 0.825. The second kappa shape index (κ2) is 6.88. The number of carbonyl (C=O) groups is 1. The van der Waals surface area contributed by atoms with E-state index < -0.39 is 0 Å². The molecule has 0 radical (unpaired) electrons. The highest BCUT2D eigenvalue weighted by Gasteiger charge is 2.13. The third-order valence-electron chi connectivity index (χ3n) is 3.02. The summed E-state index contributed by atoms with van der Waals surface area (Å²) in [5.41, 5.74) is 7.30. The molecule has 5 heteroatoms. The maximum Gasteiger partial charge on any atom is 0.251 e. The van der Waals surface area contributed by atoms with Crippen LogP contribution in [0.5, 0.6) is 0 Å². The minimum Gasteiger partial charge on any atom is -0.345 e. The van der Waals surface area contributed by atoms with Gasteiger partial charge in [-0.3, -0.25) is 4.79 Å². The highest BCUT2D eigenvalue weighted by molar-refractivity contribution is 7.16.